The van der Waals surface area contributed by atoms with Crippen LogP contribution in [-0.4, -0.2) is 17.6 Å². The largest absolute Gasteiger partial charge is 0.372 e. The Morgan fingerprint density at radius 2 is 2.33 bits per heavy atom. The zero-order valence-corrected chi connectivity index (χ0v) is 9.71. The van der Waals surface area contributed by atoms with E-state index in [1.807, 2.05) is 10.9 Å². The van der Waals surface area contributed by atoms with E-state index in [1.165, 1.54) is 19.3 Å². The number of hydrogen-bond acceptors (Lipinski definition) is 4. The van der Waals surface area contributed by atoms with Crippen molar-refractivity contribution in [2.75, 3.05) is 6.54 Å². The van der Waals surface area contributed by atoms with Gasteiger partial charge in [0.25, 0.3) is 0 Å². The number of nitrogens with zero attached hydrogens (tertiary/aromatic N) is 1. The second-order valence-electron chi connectivity index (χ2n) is 4.11. The van der Waals surface area contributed by atoms with Crippen molar-refractivity contribution in [1.29, 1.82) is 0 Å². The van der Waals surface area contributed by atoms with Gasteiger partial charge in [-0.05, 0) is 25.3 Å². The standard InChI is InChI=1S/C11H18N2OS/c12-5-9-3-1-2-4-11(9)14-6-10-7-15-8-13-10/h7-9,11H,1-6,12H2. The second kappa shape index (κ2) is 5.58. The van der Waals surface area contributed by atoms with Gasteiger partial charge in [-0.2, -0.15) is 0 Å². The first kappa shape index (κ1) is 11.0. The highest BCUT2D eigenvalue weighted by Gasteiger charge is 2.24. The minimum absolute atomic E-state index is 0.352. The van der Waals surface area contributed by atoms with Gasteiger partial charge in [0.1, 0.15) is 0 Å². The van der Waals surface area contributed by atoms with Crippen molar-refractivity contribution < 1.29 is 4.74 Å². The zero-order valence-electron chi connectivity index (χ0n) is 8.89. The van der Waals surface area contributed by atoms with Crippen LogP contribution in [-0.2, 0) is 11.3 Å². The van der Waals surface area contributed by atoms with Crippen LogP contribution >= 0.6 is 11.3 Å². The SMILES string of the molecule is NCC1CCCCC1OCc1cscn1. The lowest BCUT2D eigenvalue weighted by atomic mass is 9.86. The Bertz CT molecular complexity index is 276. The van der Waals surface area contributed by atoms with Gasteiger partial charge in [0.2, 0.25) is 0 Å². The van der Waals surface area contributed by atoms with Gasteiger partial charge in [-0.25, -0.2) is 4.98 Å². The molecule has 1 aromatic rings. The molecule has 0 spiro atoms. The lowest BCUT2D eigenvalue weighted by Crippen LogP contribution is -2.33. The molecular formula is C11H18N2OS. The molecule has 0 aliphatic heterocycles. The highest BCUT2D eigenvalue weighted by molar-refractivity contribution is 7.07. The lowest BCUT2D eigenvalue weighted by Gasteiger charge is -2.30. The Kier molecular flexibility index (Phi) is 4.11. The molecule has 2 rings (SSSR count). The maximum absolute atomic E-state index is 5.90. The molecule has 1 aromatic heterocycles. The summed E-state index contributed by atoms with van der Waals surface area (Å²) in [4.78, 5) is 4.21. The quantitative estimate of drug-likeness (QED) is 0.856. The molecule has 1 saturated carbocycles. The number of rotatable bonds is 4. The number of thiazole rings is 1. The molecule has 0 radical (unpaired) electrons. The van der Waals surface area contributed by atoms with Gasteiger partial charge in [-0.1, -0.05) is 12.8 Å². The molecule has 0 saturated heterocycles. The fourth-order valence-electron chi connectivity index (χ4n) is 2.16. The first-order valence-corrected chi connectivity index (χ1v) is 6.53. The summed E-state index contributed by atoms with van der Waals surface area (Å²) >= 11 is 1.62. The minimum Gasteiger partial charge on any atom is -0.372 e. The van der Waals surface area contributed by atoms with E-state index in [9.17, 15) is 0 Å². The molecule has 0 aromatic carbocycles. The topological polar surface area (TPSA) is 48.1 Å². The van der Waals surface area contributed by atoms with E-state index >= 15 is 0 Å². The van der Waals surface area contributed by atoms with Crippen LogP contribution in [0.5, 0.6) is 0 Å². The average Bonchev–Trinajstić information content (AvgIpc) is 2.79. The first-order chi connectivity index (χ1) is 7.40. The highest BCUT2D eigenvalue weighted by atomic mass is 32.1. The van der Waals surface area contributed by atoms with Gasteiger partial charge in [0.05, 0.1) is 23.9 Å². The number of aromatic nitrogens is 1. The van der Waals surface area contributed by atoms with Crippen LogP contribution in [0.15, 0.2) is 10.9 Å². The van der Waals surface area contributed by atoms with Gasteiger partial charge < -0.3 is 10.5 Å². The minimum atomic E-state index is 0.352. The molecule has 1 fully saturated rings. The molecule has 1 aliphatic carbocycles. The number of hydrogen-bond donors (Lipinski definition) is 1. The second-order valence-corrected chi connectivity index (χ2v) is 4.83. The smallest absolute Gasteiger partial charge is 0.0900 e. The van der Waals surface area contributed by atoms with Crippen LogP contribution in [0.25, 0.3) is 0 Å². The van der Waals surface area contributed by atoms with Gasteiger partial charge in [-0.15, -0.1) is 11.3 Å². The third-order valence-electron chi connectivity index (χ3n) is 3.07. The molecule has 1 heterocycles. The van der Waals surface area contributed by atoms with Gasteiger partial charge in [0, 0.05) is 5.38 Å². The normalized spacial score (nSPS) is 26.7. The summed E-state index contributed by atoms with van der Waals surface area (Å²) in [7, 11) is 0. The fourth-order valence-corrected chi connectivity index (χ4v) is 2.71. The average molecular weight is 226 g/mol. The maximum Gasteiger partial charge on any atom is 0.0900 e. The van der Waals surface area contributed by atoms with Crippen LogP contribution in [0.3, 0.4) is 0 Å². The molecule has 0 bridgehead atoms. The first-order valence-electron chi connectivity index (χ1n) is 5.59. The molecular weight excluding hydrogens is 208 g/mol. The molecule has 1 aliphatic rings. The number of nitrogens with two attached hydrogens (primary N) is 1. The third kappa shape index (κ3) is 3.00. The zero-order chi connectivity index (χ0) is 10.5. The van der Waals surface area contributed by atoms with Crippen molar-refractivity contribution in [3.05, 3.63) is 16.6 Å². The predicted molar refractivity (Wildman–Crippen MR) is 61.7 cm³/mol. The third-order valence-corrected chi connectivity index (χ3v) is 3.71. The fraction of sp³-hybridized carbons (Fsp3) is 0.727. The van der Waals surface area contributed by atoms with Crippen LogP contribution in [0.4, 0.5) is 0 Å². The molecule has 84 valence electrons. The summed E-state index contributed by atoms with van der Waals surface area (Å²) in [6.45, 7) is 1.40. The molecule has 4 heteroatoms. The Labute approximate surface area is 94.7 Å². The Morgan fingerprint density at radius 1 is 1.47 bits per heavy atom. The van der Waals surface area contributed by atoms with Crippen molar-refractivity contribution in [3.8, 4) is 0 Å². The van der Waals surface area contributed by atoms with E-state index in [0.29, 0.717) is 18.6 Å². The molecule has 2 atom stereocenters. The van der Waals surface area contributed by atoms with Crippen molar-refractivity contribution >= 4 is 11.3 Å². The van der Waals surface area contributed by atoms with Crippen molar-refractivity contribution in [2.45, 2.75) is 38.4 Å². The summed E-state index contributed by atoms with van der Waals surface area (Å²) in [6.07, 6.45) is 5.31. The summed E-state index contributed by atoms with van der Waals surface area (Å²) in [5.41, 5.74) is 8.64. The van der Waals surface area contributed by atoms with E-state index < -0.39 is 0 Å². The van der Waals surface area contributed by atoms with Gasteiger partial charge in [0.15, 0.2) is 0 Å². The van der Waals surface area contributed by atoms with Crippen molar-refractivity contribution in [2.24, 2.45) is 11.7 Å². The van der Waals surface area contributed by atoms with Crippen LogP contribution in [0, 0.1) is 5.92 Å². The van der Waals surface area contributed by atoms with Crippen LogP contribution in [0.1, 0.15) is 31.4 Å². The Balaban J connectivity index is 1.81. The Morgan fingerprint density at radius 3 is 3.07 bits per heavy atom. The Hall–Kier alpha value is -0.450. The van der Waals surface area contributed by atoms with E-state index in [-0.39, 0.29) is 0 Å². The summed E-state index contributed by atoms with van der Waals surface area (Å²) in [5.74, 6) is 0.553. The van der Waals surface area contributed by atoms with E-state index in [4.69, 9.17) is 10.5 Å². The van der Waals surface area contributed by atoms with Crippen molar-refractivity contribution in [3.63, 3.8) is 0 Å². The monoisotopic (exact) mass is 226 g/mol. The molecule has 15 heavy (non-hydrogen) atoms. The van der Waals surface area contributed by atoms with E-state index in [2.05, 4.69) is 4.98 Å². The summed E-state index contributed by atoms with van der Waals surface area (Å²) in [6, 6.07) is 0. The highest BCUT2D eigenvalue weighted by Crippen LogP contribution is 2.26. The lowest BCUT2D eigenvalue weighted by molar-refractivity contribution is -0.0194. The maximum atomic E-state index is 5.90. The van der Waals surface area contributed by atoms with Gasteiger partial charge >= 0.3 is 0 Å². The van der Waals surface area contributed by atoms with Gasteiger partial charge in [-0.3, -0.25) is 0 Å². The van der Waals surface area contributed by atoms with Crippen molar-refractivity contribution in [1.82, 2.24) is 4.98 Å². The predicted octanol–water partition coefficient (Wildman–Crippen LogP) is 2.18. The molecule has 2 unspecified atom stereocenters. The van der Waals surface area contributed by atoms with Crippen LogP contribution in [0.2, 0.25) is 0 Å². The number of ether oxygens (including phenoxy) is 1. The molecule has 0 amide bonds. The van der Waals surface area contributed by atoms with Crippen LogP contribution < -0.4 is 5.73 Å². The summed E-state index contributed by atoms with van der Waals surface area (Å²) in [5, 5.41) is 2.04. The van der Waals surface area contributed by atoms with E-state index in [0.717, 1.165) is 18.7 Å². The molecule has 3 nitrogen and oxygen atoms in total. The summed E-state index contributed by atoms with van der Waals surface area (Å²) < 4.78 is 5.90. The van der Waals surface area contributed by atoms with E-state index in [1.54, 1.807) is 11.3 Å². The molecule has 2 N–H and O–H groups in total.